The van der Waals surface area contributed by atoms with Gasteiger partial charge in [-0.05, 0) is 49.1 Å². The molecule has 0 amide bonds. The fourth-order valence-electron chi connectivity index (χ4n) is 2.66. The number of carboxylic acids is 5. The standard InChI is InChI=1S/C9H10O2.2C8H8O2.C5H8O2.C3H4O3.C3H6OS/c1-7-4-2-3-5-8(7)6-9(10)11;1-6-2-4-7(5-3-6)8(9)10;9-8(10)6-7-4-2-1-3-5-7;1-2-3-4-5(6)7;1-2(4)3(5)6;1-2-3(4)5/h2-5H,6H2,1H3,(H,10,11);2-5H,1H3,(H,9,10);1-5H,6H2,(H,9,10);3-4H,2H2,1H3,(H,6,7);1H3,(H,5,6);2H2,1H3,(H,4,5)/b;;;4-3+;;. The Kier molecular flexibility index (Phi) is 29.1. The summed E-state index contributed by atoms with van der Waals surface area (Å²) in [5, 5.41) is 40.9. The zero-order chi connectivity index (χ0) is 38.4. The summed E-state index contributed by atoms with van der Waals surface area (Å²) in [7, 11) is 0. The van der Waals surface area contributed by atoms with E-state index in [0.717, 1.165) is 41.7 Å². The van der Waals surface area contributed by atoms with E-state index < -0.39 is 35.6 Å². The van der Waals surface area contributed by atoms with Crippen LogP contribution in [0.2, 0.25) is 0 Å². The van der Waals surface area contributed by atoms with Gasteiger partial charge in [-0.3, -0.25) is 19.2 Å². The van der Waals surface area contributed by atoms with Crippen molar-refractivity contribution in [2.24, 2.45) is 0 Å². The Hall–Kier alpha value is -5.56. The van der Waals surface area contributed by atoms with E-state index in [1.807, 2.05) is 63.2 Å². The average Bonchev–Trinajstić information content (AvgIpc) is 3.03. The molecule has 0 aromatic heterocycles. The summed E-state index contributed by atoms with van der Waals surface area (Å²) in [6, 6.07) is 23.4. The van der Waals surface area contributed by atoms with E-state index in [2.05, 4.69) is 12.6 Å². The van der Waals surface area contributed by atoms with E-state index in [4.69, 9.17) is 25.5 Å². The van der Waals surface area contributed by atoms with Crippen molar-refractivity contribution in [2.75, 3.05) is 0 Å². The number of thiol groups is 1. The summed E-state index contributed by atoms with van der Waals surface area (Å²) in [6.07, 6.45) is 4.28. The Bertz CT molecular complexity index is 1470. The molecule has 3 rings (SSSR count). The number of Topliss-reactive ketones (excluding diaryl/α,β-unsaturated/α-hetero) is 1. The van der Waals surface area contributed by atoms with Crippen molar-refractivity contribution in [3.05, 3.63) is 119 Å². The third kappa shape index (κ3) is 33.6. The number of carbonyl (C=O) groups is 7. The summed E-state index contributed by atoms with van der Waals surface area (Å²) >= 11 is 3.46. The third-order valence-electron chi connectivity index (χ3n) is 5.20. The highest BCUT2D eigenvalue weighted by atomic mass is 32.1. The topological polar surface area (TPSA) is 221 Å². The maximum absolute atomic E-state index is 10.3. The van der Waals surface area contributed by atoms with Crippen LogP contribution in [0.4, 0.5) is 0 Å². The number of benzene rings is 3. The maximum atomic E-state index is 10.3. The Morgan fingerprint density at radius 3 is 1.45 bits per heavy atom. The molecule has 5 N–H and O–H groups in total. The summed E-state index contributed by atoms with van der Waals surface area (Å²) < 4.78 is 0. The first-order valence-corrected chi connectivity index (χ1v) is 15.0. The van der Waals surface area contributed by atoms with Crippen molar-refractivity contribution in [2.45, 2.75) is 60.3 Å². The van der Waals surface area contributed by atoms with Gasteiger partial charge in [0.05, 0.1) is 18.4 Å². The van der Waals surface area contributed by atoms with E-state index >= 15 is 0 Å². The number of rotatable bonds is 9. The lowest BCUT2D eigenvalue weighted by Crippen LogP contribution is -2.05. The number of aromatic carboxylic acids is 1. The molecule has 0 aliphatic heterocycles. The zero-order valence-electron chi connectivity index (χ0n) is 28.0. The molecule has 13 heteroatoms. The average molecular weight is 701 g/mol. The Balaban J connectivity index is -0.000000530. The van der Waals surface area contributed by atoms with Crippen molar-refractivity contribution in [3.63, 3.8) is 0 Å². The molecule has 0 heterocycles. The molecule has 0 fully saturated rings. The first-order valence-electron chi connectivity index (χ1n) is 14.5. The summed E-state index contributed by atoms with van der Waals surface area (Å²) in [5.41, 5.74) is 4.18. The summed E-state index contributed by atoms with van der Waals surface area (Å²) in [4.78, 5) is 69.0. The normalized spacial score (nSPS) is 9.02. The molecule has 266 valence electrons. The molecule has 3 aromatic rings. The highest BCUT2D eigenvalue weighted by Gasteiger charge is 2.02. The van der Waals surface area contributed by atoms with E-state index in [1.165, 1.54) is 0 Å². The van der Waals surface area contributed by atoms with Crippen molar-refractivity contribution in [3.8, 4) is 0 Å². The van der Waals surface area contributed by atoms with Gasteiger partial charge in [-0.15, -0.1) is 12.6 Å². The maximum Gasteiger partial charge on any atom is 0.371 e. The van der Waals surface area contributed by atoms with Crippen LogP contribution in [-0.4, -0.2) is 66.3 Å². The van der Waals surface area contributed by atoms with E-state index in [1.54, 1.807) is 49.4 Å². The van der Waals surface area contributed by atoms with Crippen LogP contribution in [0, 0.1) is 13.8 Å². The Labute approximate surface area is 291 Å². The van der Waals surface area contributed by atoms with Gasteiger partial charge in [0.1, 0.15) is 0 Å². The predicted molar refractivity (Wildman–Crippen MR) is 188 cm³/mol. The highest BCUT2D eigenvalue weighted by Crippen LogP contribution is 2.07. The van der Waals surface area contributed by atoms with Gasteiger partial charge in [-0.25, -0.2) is 14.4 Å². The molecule has 0 aliphatic carbocycles. The molecule has 3 aromatic carbocycles. The van der Waals surface area contributed by atoms with Gasteiger partial charge in [0.15, 0.2) is 5.12 Å². The summed E-state index contributed by atoms with van der Waals surface area (Å²) in [5.74, 6) is -5.52. The Morgan fingerprint density at radius 2 is 1.12 bits per heavy atom. The van der Waals surface area contributed by atoms with Crippen molar-refractivity contribution < 1.29 is 59.1 Å². The first-order chi connectivity index (χ1) is 22.9. The predicted octanol–water partition coefficient (Wildman–Crippen LogP) is 6.18. The Morgan fingerprint density at radius 1 is 0.673 bits per heavy atom. The molecular weight excluding hydrogens is 656 g/mol. The molecule has 0 saturated heterocycles. The molecule has 0 bridgehead atoms. The van der Waals surface area contributed by atoms with Gasteiger partial charge < -0.3 is 25.5 Å². The number of ketones is 1. The molecule has 12 nitrogen and oxygen atoms in total. The summed E-state index contributed by atoms with van der Waals surface area (Å²) in [6.45, 7) is 8.50. The molecule has 0 saturated carbocycles. The fraction of sp³-hybridized carbons (Fsp3) is 0.250. The van der Waals surface area contributed by atoms with Crippen LogP contribution in [0.15, 0.2) is 91.0 Å². The lowest BCUT2D eigenvalue weighted by Gasteiger charge is -1.99. The van der Waals surface area contributed by atoms with Crippen LogP contribution in [0.5, 0.6) is 0 Å². The smallest absolute Gasteiger partial charge is 0.371 e. The van der Waals surface area contributed by atoms with Gasteiger partial charge in [0.2, 0.25) is 5.78 Å². The largest absolute Gasteiger partial charge is 0.481 e. The van der Waals surface area contributed by atoms with Gasteiger partial charge >= 0.3 is 29.8 Å². The van der Waals surface area contributed by atoms with Crippen molar-refractivity contribution in [1.82, 2.24) is 0 Å². The zero-order valence-corrected chi connectivity index (χ0v) is 28.9. The second kappa shape index (κ2) is 29.8. The second-order valence-corrected chi connectivity index (χ2v) is 9.98. The first kappa shape index (κ1) is 47.8. The number of aryl methyl sites for hydroxylation is 2. The van der Waals surface area contributed by atoms with Gasteiger partial charge in [0, 0.05) is 19.4 Å². The van der Waals surface area contributed by atoms with E-state index in [9.17, 15) is 33.6 Å². The number of aliphatic carboxylic acids is 4. The van der Waals surface area contributed by atoms with Crippen molar-refractivity contribution >= 4 is 53.4 Å². The van der Waals surface area contributed by atoms with Crippen molar-refractivity contribution in [1.29, 1.82) is 0 Å². The van der Waals surface area contributed by atoms with Crippen LogP contribution >= 0.6 is 12.6 Å². The van der Waals surface area contributed by atoms with Crippen LogP contribution in [-0.2, 0) is 41.6 Å². The van der Waals surface area contributed by atoms with Crippen LogP contribution in [0.1, 0.15) is 66.2 Å². The fourth-order valence-corrected chi connectivity index (χ4v) is 2.66. The number of hydrogen-bond donors (Lipinski definition) is 6. The molecule has 0 unspecified atom stereocenters. The molecule has 0 atom stereocenters. The van der Waals surface area contributed by atoms with Crippen LogP contribution < -0.4 is 0 Å². The molecule has 0 radical (unpaired) electrons. The molecule has 0 aliphatic rings. The monoisotopic (exact) mass is 700 g/mol. The lowest BCUT2D eigenvalue weighted by molar-refractivity contribution is -0.148. The number of hydrogen-bond acceptors (Lipinski definition) is 7. The quantitative estimate of drug-likeness (QED) is 0.0837. The van der Waals surface area contributed by atoms with Gasteiger partial charge in [0.25, 0.3) is 0 Å². The SMILES string of the molecule is CC(=O)C(=O)O.CC/C=C/C(=O)O.CCC(=O)S.Cc1ccc(C(=O)O)cc1.Cc1ccccc1CC(=O)O.O=C(O)Cc1ccccc1. The minimum absolute atomic E-state index is 0.0509. The van der Waals surface area contributed by atoms with Gasteiger partial charge in [-0.1, -0.05) is 92.2 Å². The third-order valence-corrected chi connectivity index (χ3v) is 5.52. The highest BCUT2D eigenvalue weighted by molar-refractivity contribution is 7.96. The number of carboxylic acid groups (broad SMARTS) is 5. The molecule has 0 spiro atoms. The molecular formula is C36H44O12S. The molecule has 49 heavy (non-hydrogen) atoms. The lowest BCUT2D eigenvalue weighted by atomic mass is 10.1. The van der Waals surface area contributed by atoms with E-state index in [0.29, 0.717) is 12.0 Å². The minimum Gasteiger partial charge on any atom is -0.481 e. The number of allylic oxidation sites excluding steroid dienone is 1. The van der Waals surface area contributed by atoms with Crippen LogP contribution in [0.3, 0.4) is 0 Å². The van der Waals surface area contributed by atoms with E-state index in [-0.39, 0.29) is 18.0 Å². The van der Waals surface area contributed by atoms with Crippen LogP contribution in [0.25, 0.3) is 0 Å². The number of carbonyl (C=O) groups excluding carboxylic acids is 2. The second-order valence-electron chi connectivity index (χ2n) is 9.48. The minimum atomic E-state index is -1.38. The van der Waals surface area contributed by atoms with Gasteiger partial charge in [-0.2, -0.15) is 0 Å².